The largest absolute Gasteiger partial charge is 0.508 e. The van der Waals surface area contributed by atoms with Crippen LogP contribution in [0.5, 0.6) is 5.75 Å². The van der Waals surface area contributed by atoms with Gasteiger partial charge in [-0.05, 0) is 31.2 Å². The van der Waals surface area contributed by atoms with Crippen LogP contribution in [0, 0.1) is 0 Å². The number of hydrogen-bond acceptors (Lipinski definition) is 3. The van der Waals surface area contributed by atoms with E-state index < -0.39 is 0 Å². The van der Waals surface area contributed by atoms with Crippen LogP contribution >= 0.6 is 11.8 Å². The fourth-order valence-electron chi connectivity index (χ4n) is 1.14. The number of phenolic OH excluding ortho intramolecular Hbond substituents is 1. The summed E-state index contributed by atoms with van der Waals surface area (Å²) in [6, 6.07) is 6.85. The zero-order valence-corrected chi connectivity index (χ0v) is 9.91. The first-order valence-corrected chi connectivity index (χ1v) is 5.55. The third-order valence-electron chi connectivity index (χ3n) is 1.94. The van der Waals surface area contributed by atoms with E-state index in [2.05, 4.69) is 0 Å². The van der Waals surface area contributed by atoms with Crippen molar-refractivity contribution in [3.05, 3.63) is 24.3 Å². The van der Waals surface area contributed by atoms with E-state index in [0.717, 1.165) is 4.90 Å². The van der Waals surface area contributed by atoms with Gasteiger partial charge in [-0.2, -0.15) is 0 Å². The number of hydrogen-bond donors (Lipinski definition) is 1. The van der Waals surface area contributed by atoms with Crippen LogP contribution in [0.25, 0.3) is 0 Å². The first-order chi connectivity index (χ1) is 7.00. The quantitative estimate of drug-likeness (QED) is 0.799. The van der Waals surface area contributed by atoms with Crippen LogP contribution in [0.3, 0.4) is 0 Å². The lowest BCUT2D eigenvalue weighted by Gasteiger charge is -2.16. The molecule has 3 nitrogen and oxygen atoms in total. The molecule has 1 unspecified atom stereocenters. The van der Waals surface area contributed by atoms with E-state index in [1.165, 1.54) is 11.8 Å². The number of amides is 1. The molecule has 1 rings (SSSR count). The molecule has 0 aliphatic heterocycles. The van der Waals surface area contributed by atoms with E-state index in [0.29, 0.717) is 0 Å². The zero-order valence-electron chi connectivity index (χ0n) is 9.10. The molecule has 0 radical (unpaired) electrons. The topological polar surface area (TPSA) is 40.5 Å². The molecule has 1 N–H and O–H groups in total. The molecule has 0 aliphatic carbocycles. The maximum absolute atomic E-state index is 11.6. The van der Waals surface area contributed by atoms with Gasteiger partial charge in [-0.15, -0.1) is 11.8 Å². The maximum Gasteiger partial charge on any atom is 0.235 e. The van der Waals surface area contributed by atoms with Crippen molar-refractivity contribution in [1.29, 1.82) is 0 Å². The van der Waals surface area contributed by atoms with Gasteiger partial charge in [0.2, 0.25) is 5.91 Å². The molecule has 15 heavy (non-hydrogen) atoms. The lowest BCUT2D eigenvalue weighted by atomic mass is 10.3. The Bertz CT molecular complexity index is 335. The van der Waals surface area contributed by atoms with Crippen LogP contribution in [0.15, 0.2) is 29.2 Å². The molecule has 0 aliphatic rings. The Morgan fingerprint density at radius 2 is 1.87 bits per heavy atom. The second-order valence-electron chi connectivity index (χ2n) is 3.49. The highest BCUT2D eigenvalue weighted by atomic mass is 32.2. The van der Waals surface area contributed by atoms with Crippen molar-refractivity contribution in [2.75, 3.05) is 14.1 Å². The number of nitrogens with zero attached hydrogens (tertiary/aromatic N) is 1. The van der Waals surface area contributed by atoms with Crippen LogP contribution in [0.2, 0.25) is 0 Å². The molecule has 0 saturated carbocycles. The van der Waals surface area contributed by atoms with Crippen LogP contribution in [0.1, 0.15) is 6.92 Å². The average molecular weight is 225 g/mol. The standard InChI is InChI=1S/C11H15NO2S/c1-8(11(14)12(2)3)15-10-6-4-9(13)5-7-10/h4-8,13H,1-3H3. The minimum absolute atomic E-state index is 0.0908. The van der Waals surface area contributed by atoms with E-state index in [-0.39, 0.29) is 16.9 Å². The van der Waals surface area contributed by atoms with Gasteiger partial charge < -0.3 is 10.0 Å². The minimum atomic E-state index is -0.107. The van der Waals surface area contributed by atoms with Gasteiger partial charge in [0.15, 0.2) is 0 Å². The van der Waals surface area contributed by atoms with E-state index in [4.69, 9.17) is 5.11 Å². The average Bonchev–Trinajstić information content (AvgIpc) is 2.20. The third-order valence-corrected chi connectivity index (χ3v) is 3.04. The molecule has 4 heteroatoms. The van der Waals surface area contributed by atoms with E-state index in [1.807, 2.05) is 6.92 Å². The van der Waals surface area contributed by atoms with Gasteiger partial charge in [-0.25, -0.2) is 0 Å². The summed E-state index contributed by atoms with van der Waals surface area (Å²) in [5.41, 5.74) is 0. The molecule has 1 atom stereocenters. The summed E-state index contributed by atoms with van der Waals surface area (Å²) >= 11 is 1.49. The molecule has 0 heterocycles. The number of carbonyl (C=O) groups excluding carboxylic acids is 1. The van der Waals surface area contributed by atoms with Gasteiger partial charge in [-0.1, -0.05) is 0 Å². The Morgan fingerprint density at radius 1 is 1.33 bits per heavy atom. The second kappa shape index (κ2) is 5.07. The number of thioether (sulfide) groups is 1. The Balaban J connectivity index is 2.62. The number of phenols is 1. The normalized spacial score (nSPS) is 12.2. The Morgan fingerprint density at radius 3 is 2.33 bits per heavy atom. The maximum atomic E-state index is 11.6. The zero-order chi connectivity index (χ0) is 11.4. The smallest absolute Gasteiger partial charge is 0.235 e. The van der Waals surface area contributed by atoms with Crippen molar-refractivity contribution in [1.82, 2.24) is 4.90 Å². The summed E-state index contributed by atoms with van der Waals surface area (Å²) < 4.78 is 0. The van der Waals surface area contributed by atoms with Crippen molar-refractivity contribution >= 4 is 17.7 Å². The first kappa shape index (κ1) is 11.9. The van der Waals surface area contributed by atoms with Crippen LogP contribution in [0.4, 0.5) is 0 Å². The minimum Gasteiger partial charge on any atom is -0.508 e. The highest BCUT2D eigenvalue weighted by Crippen LogP contribution is 2.25. The van der Waals surface area contributed by atoms with Gasteiger partial charge in [0.05, 0.1) is 5.25 Å². The molecular weight excluding hydrogens is 210 g/mol. The van der Waals surface area contributed by atoms with Crippen molar-refractivity contribution in [3.8, 4) is 5.75 Å². The summed E-state index contributed by atoms with van der Waals surface area (Å²) in [4.78, 5) is 14.1. The predicted molar refractivity (Wildman–Crippen MR) is 62.1 cm³/mol. The summed E-state index contributed by atoms with van der Waals surface area (Å²) in [6.45, 7) is 1.87. The van der Waals surface area contributed by atoms with Crippen molar-refractivity contribution in [2.45, 2.75) is 17.1 Å². The van der Waals surface area contributed by atoms with Crippen LogP contribution in [-0.4, -0.2) is 35.3 Å². The predicted octanol–water partition coefficient (Wildman–Crippen LogP) is 1.96. The van der Waals surface area contributed by atoms with Gasteiger partial charge >= 0.3 is 0 Å². The van der Waals surface area contributed by atoms with Crippen molar-refractivity contribution in [2.24, 2.45) is 0 Å². The highest BCUT2D eigenvalue weighted by Gasteiger charge is 2.15. The Kier molecular flexibility index (Phi) is 4.03. The van der Waals surface area contributed by atoms with Crippen molar-refractivity contribution < 1.29 is 9.90 Å². The molecule has 0 bridgehead atoms. The summed E-state index contributed by atoms with van der Waals surface area (Å²) in [7, 11) is 3.49. The van der Waals surface area contributed by atoms with Gasteiger partial charge in [0.1, 0.15) is 5.75 Å². The molecule has 1 amide bonds. The van der Waals surface area contributed by atoms with E-state index >= 15 is 0 Å². The van der Waals surface area contributed by atoms with E-state index in [1.54, 1.807) is 43.3 Å². The number of aromatic hydroxyl groups is 1. The summed E-state index contributed by atoms with van der Waals surface area (Å²) in [6.07, 6.45) is 0. The van der Waals surface area contributed by atoms with Gasteiger partial charge in [-0.3, -0.25) is 4.79 Å². The number of benzene rings is 1. The second-order valence-corrected chi connectivity index (χ2v) is 4.90. The first-order valence-electron chi connectivity index (χ1n) is 4.67. The monoisotopic (exact) mass is 225 g/mol. The Labute approximate surface area is 94.1 Å². The van der Waals surface area contributed by atoms with Gasteiger partial charge in [0, 0.05) is 19.0 Å². The number of carbonyl (C=O) groups is 1. The summed E-state index contributed by atoms with van der Waals surface area (Å²) in [5.74, 6) is 0.332. The highest BCUT2D eigenvalue weighted by molar-refractivity contribution is 8.00. The SMILES string of the molecule is CC(Sc1ccc(O)cc1)C(=O)N(C)C. The lowest BCUT2D eigenvalue weighted by molar-refractivity contribution is -0.127. The lowest BCUT2D eigenvalue weighted by Crippen LogP contribution is -2.29. The van der Waals surface area contributed by atoms with Crippen LogP contribution < -0.4 is 0 Å². The molecular formula is C11H15NO2S. The fourth-order valence-corrected chi connectivity index (χ4v) is 2.16. The molecule has 0 spiro atoms. The molecule has 0 aromatic heterocycles. The van der Waals surface area contributed by atoms with Crippen LogP contribution in [-0.2, 0) is 4.79 Å². The molecule has 0 fully saturated rings. The molecule has 0 saturated heterocycles. The molecule has 1 aromatic rings. The Hall–Kier alpha value is -1.16. The van der Waals surface area contributed by atoms with Gasteiger partial charge in [0.25, 0.3) is 0 Å². The fraction of sp³-hybridized carbons (Fsp3) is 0.364. The summed E-state index contributed by atoms with van der Waals surface area (Å²) in [5, 5.41) is 9.00. The van der Waals surface area contributed by atoms with E-state index in [9.17, 15) is 4.79 Å². The molecule has 82 valence electrons. The van der Waals surface area contributed by atoms with Crippen molar-refractivity contribution in [3.63, 3.8) is 0 Å². The third kappa shape index (κ3) is 3.47. The molecule has 1 aromatic carbocycles. The number of rotatable bonds is 3.